The molecular weight excluding hydrogens is 304 g/mol. The van der Waals surface area contributed by atoms with E-state index in [4.69, 9.17) is 4.74 Å². The summed E-state index contributed by atoms with van der Waals surface area (Å²) in [5, 5.41) is 13.9. The van der Waals surface area contributed by atoms with Crippen LogP contribution in [-0.2, 0) is 23.9 Å². The highest BCUT2D eigenvalue weighted by Crippen LogP contribution is 2.15. The Labute approximate surface area is 135 Å². The number of amides is 2. The fraction of sp³-hybridized carbons (Fsp3) is 0.600. The van der Waals surface area contributed by atoms with Gasteiger partial charge in [-0.1, -0.05) is 18.8 Å². The predicted molar refractivity (Wildman–Crippen MR) is 81.1 cm³/mol. The molecule has 2 unspecified atom stereocenters. The van der Waals surface area contributed by atoms with E-state index in [2.05, 4.69) is 22.5 Å². The van der Waals surface area contributed by atoms with Crippen LogP contribution < -0.4 is 10.6 Å². The maximum absolute atomic E-state index is 12.2. The Kier molecular flexibility index (Phi) is 8.40. The standard InChI is InChI=1S/C15H22N2O6/c1-5-10(2)23-14(22)15(13(20)21,17-12(4)19)8-6-7-9-16-11(3)18/h10H,5,8-9H2,1-4H3,(H,16,18)(H,17,19)(H,20,21). The van der Waals surface area contributed by atoms with Crippen molar-refractivity contribution in [2.75, 3.05) is 6.54 Å². The molecule has 0 aromatic heterocycles. The number of rotatable bonds is 7. The Balaban J connectivity index is 5.32. The zero-order valence-corrected chi connectivity index (χ0v) is 13.7. The van der Waals surface area contributed by atoms with Gasteiger partial charge in [-0.2, -0.15) is 0 Å². The molecule has 0 saturated heterocycles. The number of nitrogens with one attached hydrogen (secondary N) is 2. The Morgan fingerprint density at radius 1 is 1.17 bits per heavy atom. The maximum atomic E-state index is 12.2. The largest absolute Gasteiger partial charge is 0.479 e. The van der Waals surface area contributed by atoms with Gasteiger partial charge in [0.25, 0.3) is 0 Å². The van der Waals surface area contributed by atoms with Crippen molar-refractivity contribution in [1.29, 1.82) is 0 Å². The van der Waals surface area contributed by atoms with Crippen LogP contribution in [-0.4, -0.2) is 47.0 Å². The molecule has 0 aliphatic rings. The number of esters is 1. The van der Waals surface area contributed by atoms with Crippen LogP contribution in [0.1, 0.15) is 40.5 Å². The third-order valence-corrected chi connectivity index (χ3v) is 2.89. The number of carboxylic acids is 1. The zero-order valence-electron chi connectivity index (χ0n) is 13.7. The third kappa shape index (κ3) is 6.82. The second-order valence-electron chi connectivity index (χ2n) is 4.96. The van der Waals surface area contributed by atoms with E-state index in [1.165, 1.54) is 6.92 Å². The maximum Gasteiger partial charge on any atom is 0.345 e. The molecule has 0 aliphatic carbocycles. The van der Waals surface area contributed by atoms with Crippen LogP contribution in [0.2, 0.25) is 0 Å². The first-order valence-corrected chi connectivity index (χ1v) is 7.09. The van der Waals surface area contributed by atoms with Gasteiger partial charge in [-0.15, -0.1) is 0 Å². The topological polar surface area (TPSA) is 122 Å². The summed E-state index contributed by atoms with van der Waals surface area (Å²) in [6.07, 6.45) is -0.478. The second kappa shape index (κ2) is 9.46. The molecule has 23 heavy (non-hydrogen) atoms. The number of carbonyl (C=O) groups excluding carboxylic acids is 3. The van der Waals surface area contributed by atoms with Gasteiger partial charge in [0.05, 0.1) is 19.1 Å². The minimum absolute atomic E-state index is 0.00547. The molecule has 0 aliphatic heterocycles. The molecule has 0 radical (unpaired) electrons. The van der Waals surface area contributed by atoms with Crippen molar-refractivity contribution in [3.8, 4) is 11.8 Å². The van der Waals surface area contributed by atoms with Crippen LogP contribution >= 0.6 is 0 Å². The van der Waals surface area contributed by atoms with Gasteiger partial charge in [-0.05, 0) is 13.3 Å². The minimum Gasteiger partial charge on any atom is -0.479 e. The lowest BCUT2D eigenvalue weighted by atomic mass is 9.95. The van der Waals surface area contributed by atoms with E-state index in [0.29, 0.717) is 6.42 Å². The number of carbonyl (C=O) groups is 4. The normalized spacial score (nSPS) is 13.6. The van der Waals surface area contributed by atoms with Crippen LogP contribution in [0.4, 0.5) is 0 Å². The Morgan fingerprint density at radius 3 is 2.22 bits per heavy atom. The molecule has 2 amide bonds. The quantitative estimate of drug-likeness (QED) is 0.339. The third-order valence-electron chi connectivity index (χ3n) is 2.89. The van der Waals surface area contributed by atoms with E-state index < -0.39 is 35.9 Å². The van der Waals surface area contributed by atoms with Crippen molar-refractivity contribution in [3.63, 3.8) is 0 Å². The van der Waals surface area contributed by atoms with E-state index in [9.17, 15) is 24.3 Å². The summed E-state index contributed by atoms with van der Waals surface area (Å²) in [7, 11) is 0. The monoisotopic (exact) mass is 326 g/mol. The Bertz CT molecular complexity index is 534. The van der Waals surface area contributed by atoms with Crippen molar-refractivity contribution in [2.45, 2.75) is 52.2 Å². The van der Waals surface area contributed by atoms with E-state index in [1.807, 2.05) is 0 Å². The summed E-state index contributed by atoms with van der Waals surface area (Å²) < 4.78 is 5.05. The van der Waals surface area contributed by atoms with Gasteiger partial charge in [0.15, 0.2) is 0 Å². The Morgan fingerprint density at radius 2 is 1.78 bits per heavy atom. The lowest BCUT2D eigenvalue weighted by Crippen LogP contribution is -2.60. The molecule has 0 aromatic carbocycles. The summed E-state index contributed by atoms with van der Waals surface area (Å²) >= 11 is 0. The van der Waals surface area contributed by atoms with Gasteiger partial charge >= 0.3 is 11.9 Å². The molecule has 128 valence electrons. The molecule has 0 rings (SSSR count). The molecule has 2 atom stereocenters. The predicted octanol–water partition coefficient (Wildman–Crippen LogP) is -0.183. The first kappa shape index (κ1) is 20.4. The average Bonchev–Trinajstić information content (AvgIpc) is 2.44. The molecule has 0 saturated carbocycles. The zero-order chi connectivity index (χ0) is 18.0. The van der Waals surface area contributed by atoms with Gasteiger partial charge < -0.3 is 20.5 Å². The van der Waals surface area contributed by atoms with Crippen molar-refractivity contribution in [2.24, 2.45) is 0 Å². The first-order chi connectivity index (χ1) is 10.7. The number of carboxylic acid groups (broad SMARTS) is 1. The summed E-state index contributed by atoms with van der Waals surface area (Å²) in [5.74, 6) is 1.37. The minimum atomic E-state index is -2.28. The fourth-order valence-corrected chi connectivity index (χ4v) is 1.48. The highest BCUT2D eigenvalue weighted by atomic mass is 16.5. The highest BCUT2D eigenvalue weighted by Gasteiger charge is 2.49. The molecule has 8 nitrogen and oxygen atoms in total. The first-order valence-electron chi connectivity index (χ1n) is 7.09. The number of aliphatic carboxylic acids is 1. The van der Waals surface area contributed by atoms with Crippen LogP contribution in [0.3, 0.4) is 0 Å². The van der Waals surface area contributed by atoms with Crippen molar-refractivity contribution < 1.29 is 29.0 Å². The van der Waals surface area contributed by atoms with Gasteiger partial charge in [0, 0.05) is 13.8 Å². The van der Waals surface area contributed by atoms with Crippen molar-refractivity contribution >= 4 is 23.8 Å². The van der Waals surface area contributed by atoms with E-state index in [1.54, 1.807) is 13.8 Å². The van der Waals surface area contributed by atoms with Gasteiger partial charge in [-0.3, -0.25) is 9.59 Å². The van der Waals surface area contributed by atoms with Crippen LogP contribution in [0, 0.1) is 11.8 Å². The smallest absolute Gasteiger partial charge is 0.345 e. The van der Waals surface area contributed by atoms with E-state index in [0.717, 1.165) is 6.92 Å². The van der Waals surface area contributed by atoms with Crippen LogP contribution in [0.5, 0.6) is 0 Å². The molecule has 3 N–H and O–H groups in total. The Hall–Kier alpha value is -2.56. The number of hydrogen-bond donors (Lipinski definition) is 3. The SMILES string of the molecule is CCC(C)OC(=O)C(CC#CCNC(C)=O)(NC(C)=O)C(=O)O. The molecule has 0 bridgehead atoms. The fourth-order valence-electron chi connectivity index (χ4n) is 1.48. The van der Waals surface area contributed by atoms with Gasteiger partial charge in [0.1, 0.15) is 0 Å². The van der Waals surface area contributed by atoms with E-state index in [-0.39, 0.29) is 12.5 Å². The lowest BCUT2D eigenvalue weighted by molar-refractivity contribution is -0.167. The number of hydrogen-bond acceptors (Lipinski definition) is 5. The van der Waals surface area contributed by atoms with Gasteiger partial charge in [0.2, 0.25) is 17.4 Å². The second-order valence-corrected chi connectivity index (χ2v) is 4.96. The summed E-state index contributed by atoms with van der Waals surface area (Å²) in [4.78, 5) is 45.8. The van der Waals surface area contributed by atoms with Crippen molar-refractivity contribution in [3.05, 3.63) is 0 Å². The average molecular weight is 326 g/mol. The molecule has 0 fully saturated rings. The summed E-state index contributed by atoms with van der Waals surface area (Å²) in [6, 6.07) is 0. The summed E-state index contributed by atoms with van der Waals surface area (Å²) in [6.45, 7) is 5.79. The van der Waals surface area contributed by atoms with Crippen LogP contribution in [0.15, 0.2) is 0 Å². The molecule has 0 heterocycles. The van der Waals surface area contributed by atoms with Crippen molar-refractivity contribution in [1.82, 2.24) is 10.6 Å². The molecular formula is C15H22N2O6. The van der Waals surface area contributed by atoms with Crippen LogP contribution in [0.25, 0.3) is 0 Å². The van der Waals surface area contributed by atoms with E-state index >= 15 is 0 Å². The highest BCUT2D eigenvalue weighted by molar-refractivity contribution is 6.07. The number of ether oxygens (including phenoxy) is 1. The van der Waals surface area contributed by atoms with Gasteiger partial charge in [-0.25, -0.2) is 9.59 Å². The molecule has 8 heteroatoms. The molecule has 0 spiro atoms. The summed E-state index contributed by atoms with van der Waals surface area (Å²) in [5.41, 5.74) is -2.28. The molecule has 0 aromatic rings. The lowest BCUT2D eigenvalue weighted by Gasteiger charge is -2.27.